The Balaban J connectivity index is 2.20. The lowest BCUT2D eigenvalue weighted by atomic mass is 10.2. The Labute approximate surface area is 75.6 Å². The molecule has 1 aliphatic heterocycles. The average molecular weight is 171 g/mol. The van der Waals surface area contributed by atoms with E-state index in [2.05, 4.69) is 11.8 Å². The molecule has 0 amide bonds. The molecule has 1 rings (SSSR count). The summed E-state index contributed by atoms with van der Waals surface area (Å²) in [5.41, 5.74) is 0. The van der Waals surface area contributed by atoms with Gasteiger partial charge in [-0.2, -0.15) is 0 Å². The number of rotatable bonds is 3. The van der Waals surface area contributed by atoms with Gasteiger partial charge in [-0.05, 0) is 31.8 Å². The van der Waals surface area contributed by atoms with Crippen molar-refractivity contribution in [3.05, 3.63) is 0 Å². The van der Waals surface area contributed by atoms with Gasteiger partial charge in [-0.15, -0.1) is 0 Å². The van der Waals surface area contributed by atoms with Gasteiger partial charge < -0.3 is 10.0 Å². The zero-order chi connectivity index (χ0) is 8.81. The average Bonchev–Trinajstić information content (AvgIpc) is 2.33. The molecule has 0 spiro atoms. The third-order valence-electron chi connectivity index (χ3n) is 2.58. The molecule has 0 saturated carbocycles. The van der Waals surface area contributed by atoms with Gasteiger partial charge in [0, 0.05) is 13.2 Å². The Kier molecular flexibility index (Phi) is 4.62. The molecular weight excluding hydrogens is 150 g/mol. The lowest BCUT2D eigenvalue weighted by Gasteiger charge is -2.22. The molecule has 0 radical (unpaired) electrons. The first kappa shape index (κ1) is 10.0. The normalized spacial score (nSPS) is 23.5. The van der Waals surface area contributed by atoms with Crippen LogP contribution in [0.2, 0.25) is 0 Å². The molecule has 1 N–H and O–H groups in total. The Morgan fingerprint density at radius 1 is 1.17 bits per heavy atom. The van der Waals surface area contributed by atoms with Gasteiger partial charge >= 0.3 is 0 Å². The molecule has 2 heteroatoms. The maximum absolute atomic E-state index is 8.91. The maximum atomic E-state index is 8.91. The Morgan fingerprint density at radius 3 is 2.25 bits per heavy atom. The van der Waals surface area contributed by atoms with Gasteiger partial charge in [0.25, 0.3) is 0 Å². The van der Waals surface area contributed by atoms with E-state index in [1.807, 2.05) is 0 Å². The lowest BCUT2D eigenvalue weighted by Crippen LogP contribution is -2.30. The first-order valence-corrected chi connectivity index (χ1v) is 5.16. The monoisotopic (exact) mass is 171 g/mol. The zero-order valence-electron chi connectivity index (χ0n) is 8.13. The van der Waals surface area contributed by atoms with E-state index in [0.717, 1.165) is 6.54 Å². The molecule has 12 heavy (non-hydrogen) atoms. The number of likely N-dealkylation sites (tertiary alicyclic amines) is 1. The molecule has 0 aromatic heterocycles. The second kappa shape index (κ2) is 5.55. The SMILES string of the molecule is CC(CO)CN1CCCCCC1. The second-order valence-electron chi connectivity index (χ2n) is 4.00. The highest BCUT2D eigenvalue weighted by Crippen LogP contribution is 2.10. The minimum absolute atomic E-state index is 0.330. The van der Waals surface area contributed by atoms with Gasteiger partial charge in [0.15, 0.2) is 0 Å². The summed E-state index contributed by atoms with van der Waals surface area (Å²) in [4.78, 5) is 2.49. The van der Waals surface area contributed by atoms with E-state index in [1.165, 1.54) is 38.8 Å². The lowest BCUT2D eigenvalue weighted by molar-refractivity contribution is 0.176. The van der Waals surface area contributed by atoms with Crippen LogP contribution in [-0.2, 0) is 0 Å². The predicted octanol–water partition coefficient (Wildman–Crippen LogP) is 1.49. The number of hydrogen-bond acceptors (Lipinski definition) is 2. The van der Waals surface area contributed by atoms with Crippen molar-refractivity contribution < 1.29 is 5.11 Å². The van der Waals surface area contributed by atoms with Crippen LogP contribution in [0, 0.1) is 5.92 Å². The molecule has 2 nitrogen and oxygen atoms in total. The highest BCUT2D eigenvalue weighted by atomic mass is 16.3. The minimum Gasteiger partial charge on any atom is -0.396 e. The molecule has 0 aromatic rings. The fourth-order valence-corrected chi connectivity index (χ4v) is 1.82. The molecule has 0 aliphatic carbocycles. The zero-order valence-corrected chi connectivity index (χ0v) is 8.13. The van der Waals surface area contributed by atoms with E-state index in [1.54, 1.807) is 0 Å². The molecule has 1 fully saturated rings. The summed E-state index contributed by atoms with van der Waals surface area (Å²) in [7, 11) is 0. The highest BCUT2D eigenvalue weighted by Gasteiger charge is 2.11. The van der Waals surface area contributed by atoms with E-state index in [-0.39, 0.29) is 0 Å². The third kappa shape index (κ3) is 3.55. The van der Waals surface area contributed by atoms with E-state index in [0.29, 0.717) is 12.5 Å². The quantitative estimate of drug-likeness (QED) is 0.695. The number of aliphatic hydroxyl groups is 1. The molecular formula is C10H21NO. The van der Waals surface area contributed by atoms with Crippen molar-refractivity contribution in [3.63, 3.8) is 0 Å². The van der Waals surface area contributed by atoms with Crippen molar-refractivity contribution in [2.75, 3.05) is 26.2 Å². The van der Waals surface area contributed by atoms with Crippen molar-refractivity contribution in [2.24, 2.45) is 5.92 Å². The van der Waals surface area contributed by atoms with Gasteiger partial charge in [0.2, 0.25) is 0 Å². The Hall–Kier alpha value is -0.0800. The van der Waals surface area contributed by atoms with Crippen molar-refractivity contribution in [1.82, 2.24) is 4.90 Å². The van der Waals surface area contributed by atoms with Gasteiger partial charge in [0.1, 0.15) is 0 Å². The molecule has 1 saturated heterocycles. The van der Waals surface area contributed by atoms with Crippen LogP contribution in [0.4, 0.5) is 0 Å². The standard InChI is InChI=1S/C10H21NO/c1-10(9-12)8-11-6-4-2-3-5-7-11/h10,12H,2-9H2,1H3. The van der Waals surface area contributed by atoms with E-state index < -0.39 is 0 Å². The van der Waals surface area contributed by atoms with Crippen LogP contribution < -0.4 is 0 Å². The van der Waals surface area contributed by atoms with Crippen LogP contribution in [0.25, 0.3) is 0 Å². The van der Waals surface area contributed by atoms with Crippen LogP contribution in [-0.4, -0.2) is 36.2 Å². The van der Waals surface area contributed by atoms with E-state index in [4.69, 9.17) is 5.11 Å². The summed E-state index contributed by atoms with van der Waals surface area (Å²) in [5.74, 6) is 0.447. The van der Waals surface area contributed by atoms with Gasteiger partial charge in [0.05, 0.1) is 0 Å². The van der Waals surface area contributed by atoms with Crippen molar-refractivity contribution >= 4 is 0 Å². The summed E-state index contributed by atoms with van der Waals surface area (Å²) in [6, 6.07) is 0. The van der Waals surface area contributed by atoms with E-state index in [9.17, 15) is 0 Å². The Bertz CT molecular complexity index is 108. The van der Waals surface area contributed by atoms with Gasteiger partial charge in [-0.3, -0.25) is 0 Å². The van der Waals surface area contributed by atoms with Crippen LogP contribution in [0.15, 0.2) is 0 Å². The van der Waals surface area contributed by atoms with Crippen LogP contribution in [0.1, 0.15) is 32.6 Å². The summed E-state index contributed by atoms with van der Waals surface area (Å²) in [6.07, 6.45) is 5.48. The van der Waals surface area contributed by atoms with Crippen LogP contribution >= 0.6 is 0 Å². The predicted molar refractivity (Wildman–Crippen MR) is 51.2 cm³/mol. The summed E-state index contributed by atoms with van der Waals surface area (Å²) in [6.45, 7) is 6.01. The van der Waals surface area contributed by atoms with Crippen molar-refractivity contribution in [2.45, 2.75) is 32.6 Å². The molecule has 1 aliphatic rings. The van der Waals surface area contributed by atoms with E-state index >= 15 is 0 Å². The largest absolute Gasteiger partial charge is 0.396 e. The Morgan fingerprint density at radius 2 is 1.75 bits per heavy atom. The molecule has 1 atom stereocenters. The highest BCUT2D eigenvalue weighted by molar-refractivity contribution is 4.65. The summed E-state index contributed by atoms with van der Waals surface area (Å²) < 4.78 is 0. The van der Waals surface area contributed by atoms with Crippen molar-refractivity contribution in [1.29, 1.82) is 0 Å². The third-order valence-corrected chi connectivity index (χ3v) is 2.58. The first-order valence-electron chi connectivity index (χ1n) is 5.16. The topological polar surface area (TPSA) is 23.5 Å². The smallest absolute Gasteiger partial charge is 0.0468 e. The molecule has 1 unspecified atom stereocenters. The van der Waals surface area contributed by atoms with Gasteiger partial charge in [-0.25, -0.2) is 0 Å². The molecule has 1 heterocycles. The molecule has 0 bridgehead atoms. The second-order valence-corrected chi connectivity index (χ2v) is 4.00. The number of aliphatic hydroxyl groups excluding tert-OH is 1. The minimum atomic E-state index is 0.330. The number of nitrogens with zero attached hydrogens (tertiary/aromatic N) is 1. The van der Waals surface area contributed by atoms with Crippen molar-refractivity contribution in [3.8, 4) is 0 Å². The molecule has 72 valence electrons. The summed E-state index contributed by atoms with van der Waals surface area (Å²) in [5, 5.41) is 8.91. The fourth-order valence-electron chi connectivity index (χ4n) is 1.82. The summed E-state index contributed by atoms with van der Waals surface area (Å²) >= 11 is 0. The maximum Gasteiger partial charge on any atom is 0.0468 e. The van der Waals surface area contributed by atoms with Gasteiger partial charge in [-0.1, -0.05) is 19.8 Å². The fraction of sp³-hybridized carbons (Fsp3) is 1.00. The van der Waals surface area contributed by atoms with Crippen LogP contribution in [0.5, 0.6) is 0 Å². The van der Waals surface area contributed by atoms with Crippen LogP contribution in [0.3, 0.4) is 0 Å². The molecule has 0 aromatic carbocycles. The first-order chi connectivity index (χ1) is 5.83. The number of hydrogen-bond donors (Lipinski definition) is 1.